The lowest BCUT2D eigenvalue weighted by molar-refractivity contribution is 0.0697. The second-order valence-corrected chi connectivity index (χ2v) is 4.54. The fourth-order valence-electron chi connectivity index (χ4n) is 1.51. The number of likely N-dealkylation sites (N-methyl/N-ethyl adjacent to an activating group) is 2. The maximum absolute atomic E-state index is 10.7. The number of carbonyl (C=O) groups is 1. The average Bonchev–Trinajstić information content (AvgIpc) is 2.27. The second-order valence-electron chi connectivity index (χ2n) is 4.54. The minimum atomic E-state index is -0.877. The van der Waals surface area contributed by atoms with Crippen LogP contribution in [0.25, 0.3) is 0 Å². The van der Waals surface area contributed by atoms with Crippen LogP contribution < -0.4 is 0 Å². The predicted octanol–water partition coefficient (Wildman–Crippen LogP) is 1.38. The first-order chi connectivity index (χ1) is 7.99. The Labute approximate surface area is 102 Å². The normalized spacial score (nSPS) is 11.1. The lowest BCUT2D eigenvalue weighted by atomic mass is 10.1. The molecule has 0 fully saturated rings. The van der Waals surface area contributed by atoms with Gasteiger partial charge in [-0.25, -0.2) is 4.79 Å². The Morgan fingerprint density at radius 3 is 2.18 bits per heavy atom. The summed E-state index contributed by atoms with van der Waals surface area (Å²) in [7, 11) is 6.17. The molecule has 1 rings (SSSR count). The molecular formula is C13H20N2O2. The van der Waals surface area contributed by atoms with Crippen LogP contribution in [0, 0.1) is 0 Å². The predicted molar refractivity (Wildman–Crippen MR) is 68.3 cm³/mol. The van der Waals surface area contributed by atoms with Crippen LogP contribution >= 0.6 is 0 Å². The minimum Gasteiger partial charge on any atom is -0.478 e. The van der Waals surface area contributed by atoms with E-state index < -0.39 is 5.97 Å². The van der Waals surface area contributed by atoms with Gasteiger partial charge in [0.05, 0.1) is 5.56 Å². The van der Waals surface area contributed by atoms with Crippen LogP contribution in [0.1, 0.15) is 15.9 Å². The highest BCUT2D eigenvalue weighted by atomic mass is 16.4. The molecule has 94 valence electrons. The number of carboxylic acids is 1. The third-order valence-electron chi connectivity index (χ3n) is 2.58. The summed E-state index contributed by atoms with van der Waals surface area (Å²) in [6, 6.07) is 7.04. The Morgan fingerprint density at radius 1 is 1.12 bits per heavy atom. The molecule has 0 radical (unpaired) electrons. The Kier molecular flexibility index (Phi) is 5.12. The molecule has 0 atom stereocenters. The van der Waals surface area contributed by atoms with Crippen molar-refractivity contribution in [2.75, 3.05) is 34.2 Å². The van der Waals surface area contributed by atoms with Crippen LogP contribution in [-0.2, 0) is 6.54 Å². The molecule has 0 saturated heterocycles. The molecule has 0 aliphatic rings. The Balaban J connectivity index is 2.48. The molecule has 17 heavy (non-hydrogen) atoms. The smallest absolute Gasteiger partial charge is 0.335 e. The molecular weight excluding hydrogens is 216 g/mol. The van der Waals surface area contributed by atoms with E-state index >= 15 is 0 Å². The van der Waals surface area contributed by atoms with Crippen LogP contribution in [0.15, 0.2) is 24.3 Å². The van der Waals surface area contributed by atoms with E-state index in [2.05, 4.69) is 30.9 Å². The standard InChI is InChI=1S/C13H20N2O2/c1-14(2)8-9-15(3)10-11-4-6-12(7-5-11)13(16)17/h4-7H,8-10H2,1-3H3,(H,16,17). The van der Waals surface area contributed by atoms with E-state index in [1.54, 1.807) is 12.1 Å². The van der Waals surface area contributed by atoms with Gasteiger partial charge in [-0.3, -0.25) is 0 Å². The number of hydrogen-bond donors (Lipinski definition) is 1. The minimum absolute atomic E-state index is 0.338. The summed E-state index contributed by atoms with van der Waals surface area (Å²) >= 11 is 0. The first kappa shape index (κ1) is 13.7. The van der Waals surface area contributed by atoms with Gasteiger partial charge < -0.3 is 14.9 Å². The van der Waals surface area contributed by atoms with E-state index in [4.69, 9.17) is 5.11 Å². The van der Waals surface area contributed by atoms with Gasteiger partial charge in [0.25, 0.3) is 0 Å². The first-order valence-corrected chi connectivity index (χ1v) is 5.64. The molecule has 0 unspecified atom stereocenters. The van der Waals surface area contributed by atoms with Crippen molar-refractivity contribution in [3.63, 3.8) is 0 Å². The number of carboxylic acid groups (broad SMARTS) is 1. The van der Waals surface area contributed by atoms with Crippen LogP contribution in [-0.4, -0.2) is 55.1 Å². The van der Waals surface area contributed by atoms with E-state index in [1.165, 1.54) is 0 Å². The molecule has 0 saturated carbocycles. The zero-order valence-corrected chi connectivity index (χ0v) is 10.7. The van der Waals surface area contributed by atoms with Crippen LogP contribution in [0.2, 0.25) is 0 Å². The molecule has 0 amide bonds. The van der Waals surface area contributed by atoms with Gasteiger partial charge >= 0.3 is 5.97 Å². The number of benzene rings is 1. The van der Waals surface area contributed by atoms with Crippen LogP contribution in [0.4, 0.5) is 0 Å². The highest BCUT2D eigenvalue weighted by molar-refractivity contribution is 5.87. The van der Waals surface area contributed by atoms with Gasteiger partial charge in [-0.15, -0.1) is 0 Å². The van der Waals surface area contributed by atoms with Gasteiger partial charge in [0.1, 0.15) is 0 Å². The van der Waals surface area contributed by atoms with Crippen molar-refractivity contribution in [2.24, 2.45) is 0 Å². The summed E-state index contributed by atoms with van der Waals surface area (Å²) in [5.74, 6) is -0.877. The van der Waals surface area contributed by atoms with Crippen LogP contribution in [0.5, 0.6) is 0 Å². The van der Waals surface area contributed by atoms with E-state index in [0.29, 0.717) is 5.56 Å². The van der Waals surface area contributed by atoms with Gasteiger partial charge in [0.2, 0.25) is 0 Å². The molecule has 4 nitrogen and oxygen atoms in total. The lowest BCUT2D eigenvalue weighted by Gasteiger charge is -2.19. The molecule has 0 heterocycles. The summed E-state index contributed by atoms with van der Waals surface area (Å²) in [5.41, 5.74) is 1.47. The lowest BCUT2D eigenvalue weighted by Crippen LogP contribution is -2.28. The molecule has 0 aliphatic carbocycles. The third kappa shape index (κ3) is 4.97. The van der Waals surface area contributed by atoms with Crippen molar-refractivity contribution in [3.05, 3.63) is 35.4 Å². The van der Waals surface area contributed by atoms with E-state index in [9.17, 15) is 4.79 Å². The molecule has 0 aliphatic heterocycles. The quantitative estimate of drug-likeness (QED) is 0.810. The fraction of sp³-hybridized carbons (Fsp3) is 0.462. The number of rotatable bonds is 6. The van der Waals surface area contributed by atoms with Gasteiger partial charge in [-0.2, -0.15) is 0 Å². The van der Waals surface area contributed by atoms with Crippen molar-refractivity contribution in [2.45, 2.75) is 6.54 Å². The molecule has 1 aromatic rings. The largest absolute Gasteiger partial charge is 0.478 e. The summed E-state index contributed by atoms with van der Waals surface area (Å²) in [4.78, 5) is 15.1. The second kappa shape index (κ2) is 6.37. The molecule has 1 N–H and O–H groups in total. The highest BCUT2D eigenvalue weighted by Crippen LogP contribution is 2.06. The topological polar surface area (TPSA) is 43.8 Å². The molecule has 4 heteroatoms. The molecule has 0 aromatic heterocycles. The number of aromatic carboxylic acids is 1. The van der Waals surface area contributed by atoms with Crippen LogP contribution in [0.3, 0.4) is 0 Å². The van der Waals surface area contributed by atoms with Crippen molar-refractivity contribution in [1.82, 2.24) is 9.80 Å². The van der Waals surface area contributed by atoms with E-state index in [1.807, 2.05) is 12.1 Å². The SMILES string of the molecule is CN(C)CCN(C)Cc1ccc(C(=O)O)cc1. The fourth-order valence-corrected chi connectivity index (χ4v) is 1.51. The van der Waals surface area contributed by atoms with Gasteiger partial charge in [-0.1, -0.05) is 12.1 Å². The van der Waals surface area contributed by atoms with Gasteiger partial charge in [0, 0.05) is 19.6 Å². The highest BCUT2D eigenvalue weighted by Gasteiger charge is 2.04. The molecule has 0 bridgehead atoms. The van der Waals surface area contributed by atoms with Gasteiger partial charge in [-0.05, 0) is 38.8 Å². The van der Waals surface area contributed by atoms with Crippen molar-refractivity contribution < 1.29 is 9.90 Å². The third-order valence-corrected chi connectivity index (χ3v) is 2.58. The van der Waals surface area contributed by atoms with Gasteiger partial charge in [0.15, 0.2) is 0 Å². The summed E-state index contributed by atoms with van der Waals surface area (Å²) in [6.45, 7) is 2.85. The van der Waals surface area contributed by atoms with Crippen molar-refractivity contribution >= 4 is 5.97 Å². The number of nitrogens with zero attached hydrogens (tertiary/aromatic N) is 2. The van der Waals surface area contributed by atoms with Crippen molar-refractivity contribution in [1.29, 1.82) is 0 Å². The number of hydrogen-bond acceptors (Lipinski definition) is 3. The molecule has 1 aromatic carbocycles. The maximum Gasteiger partial charge on any atom is 0.335 e. The summed E-state index contributed by atoms with van der Waals surface area (Å²) < 4.78 is 0. The van der Waals surface area contributed by atoms with E-state index in [-0.39, 0.29) is 0 Å². The Hall–Kier alpha value is -1.39. The first-order valence-electron chi connectivity index (χ1n) is 5.64. The van der Waals surface area contributed by atoms with E-state index in [0.717, 1.165) is 25.2 Å². The average molecular weight is 236 g/mol. The summed E-state index contributed by atoms with van der Waals surface area (Å²) in [6.07, 6.45) is 0. The monoisotopic (exact) mass is 236 g/mol. The zero-order valence-electron chi connectivity index (χ0n) is 10.7. The Morgan fingerprint density at radius 2 is 1.71 bits per heavy atom. The Bertz CT molecular complexity index is 360. The van der Waals surface area contributed by atoms with Crippen molar-refractivity contribution in [3.8, 4) is 0 Å². The summed E-state index contributed by atoms with van der Waals surface area (Å²) in [5, 5.41) is 8.79. The zero-order chi connectivity index (χ0) is 12.8. The molecule has 0 spiro atoms. The maximum atomic E-state index is 10.7.